The summed E-state index contributed by atoms with van der Waals surface area (Å²) in [5.74, 6) is -0.0315. The number of carbonyl (C=O) groups excluding carboxylic acids is 1. The number of nitrogens with zero attached hydrogens (tertiary/aromatic N) is 2. The lowest BCUT2D eigenvalue weighted by atomic mass is 10.0. The summed E-state index contributed by atoms with van der Waals surface area (Å²) in [6, 6.07) is 15.8. The van der Waals surface area contributed by atoms with E-state index in [4.69, 9.17) is 23.2 Å². The van der Waals surface area contributed by atoms with Gasteiger partial charge in [-0.1, -0.05) is 53.5 Å². The maximum atomic E-state index is 12.7. The normalized spacial score (nSPS) is 23.6. The molecule has 2 aliphatic heterocycles. The van der Waals surface area contributed by atoms with E-state index in [1.165, 1.54) is 5.56 Å². The Labute approximate surface area is 169 Å². The first-order chi connectivity index (χ1) is 13.1. The molecule has 2 aromatic rings. The van der Waals surface area contributed by atoms with Gasteiger partial charge in [-0.3, -0.25) is 9.69 Å². The first kappa shape index (κ1) is 18.7. The van der Waals surface area contributed by atoms with Gasteiger partial charge in [-0.25, -0.2) is 10.9 Å². The highest BCUT2D eigenvalue weighted by Gasteiger charge is 2.32. The van der Waals surface area contributed by atoms with E-state index in [1.807, 2.05) is 11.0 Å². The molecule has 2 unspecified atom stereocenters. The molecule has 0 saturated carbocycles. The number of hydrogen-bond donors (Lipinski definition) is 2. The molecule has 2 atom stereocenters. The molecule has 2 aliphatic rings. The van der Waals surface area contributed by atoms with Gasteiger partial charge in [-0.2, -0.15) is 0 Å². The fraction of sp³-hybridized carbons (Fsp3) is 0.350. The highest BCUT2D eigenvalue weighted by Crippen LogP contribution is 2.26. The number of piperazine rings is 1. The van der Waals surface area contributed by atoms with Crippen LogP contribution in [0.2, 0.25) is 10.0 Å². The van der Waals surface area contributed by atoms with Crippen LogP contribution >= 0.6 is 23.2 Å². The molecule has 0 spiro atoms. The van der Waals surface area contributed by atoms with Crippen LogP contribution in [0.25, 0.3) is 0 Å². The lowest BCUT2D eigenvalue weighted by Crippen LogP contribution is -2.55. The van der Waals surface area contributed by atoms with E-state index in [9.17, 15) is 4.79 Å². The van der Waals surface area contributed by atoms with Crippen LogP contribution in [0.3, 0.4) is 0 Å². The smallest absolute Gasteiger partial charge is 0.255 e. The quantitative estimate of drug-likeness (QED) is 0.823. The molecule has 2 heterocycles. The molecule has 27 heavy (non-hydrogen) atoms. The van der Waals surface area contributed by atoms with E-state index >= 15 is 0 Å². The van der Waals surface area contributed by atoms with Crippen LogP contribution in [0.1, 0.15) is 28.4 Å². The molecular formula is C20H22Cl2N4O. The Morgan fingerprint density at radius 1 is 0.963 bits per heavy atom. The van der Waals surface area contributed by atoms with Gasteiger partial charge in [0.2, 0.25) is 0 Å². The number of halogens is 2. The van der Waals surface area contributed by atoms with Crippen LogP contribution < -0.4 is 10.9 Å². The number of nitrogens with one attached hydrogen (secondary N) is 2. The Kier molecular flexibility index (Phi) is 5.66. The summed E-state index contributed by atoms with van der Waals surface area (Å²) in [7, 11) is 0. The van der Waals surface area contributed by atoms with Crippen LogP contribution in [0, 0.1) is 0 Å². The third-order valence-corrected chi connectivity index (χ3v) is 5.84. The number of hydrogen-bond acceptors (Lipinski definition) is 4. The third kappa shape index (κ3) is 4.13. The van der Waals surface area contributed by atoms with E-state index in [2.05, 4.69) is 40.0 Å². The van der Waals surface area contributed by atoms with E-state index in [-0.39, 0.29) is 12.1 Å². The second-order valence-corrected chi connectivity index (χ2v) is 7.80. The molecule has 0 aliphatic carbocycles. The Morgan fingerprint density at radius 2 is 1.70 bits per heavy atom. The monoisotopic (exact) mass is 404 g/mol. The van der Waals surface area contributed by atoms with Crippen molar-refractivity contribution in [3.63, 3.8) is 0 Å². The second kappa shape index (κ2) is 8.17. The van der Waals surface area contributed by atoms with Crippen molar-refractivity contribution in [3.8, 4) is 0 Å². The molecule has 2 fully saturated rings. The molecule has 1 amide bonds. The average molecular weight is 405 g/mol. The van der Waals surface area contributed by atoms with Gasteiger partial charge >= 0.3 is 0 Å². The molecule has 0 radical (unpaired) electrons. The first-order valence-electron chi connectivity index (χ1n) is 9.16. The van der Waals surface area contributed by atoms with Gasteiger partial charge in [-0.05, 0) is 30.2 Å². The molecule has 0 aromatic heterocycles. The maximum absolute atomic E-state index is 12.7. The van der Waals surface area contributed by atoms with Crippen molar-refractivity contribution >= 4 is 29.1 Å². The second-order valence-electron chi connectivity index (χ2n) is 6.96. The zero-order valence-corrected chi connectivity index (χ0v) is 16.4. The molecular weight excluding hydrogens is 383 g/mol. The number of carbonyl (C=O) groups is 1. The minimum atomic E-state index is -0.0315. The van der Waals surface area contributed by atoms with Gasteiger partial charge < -0.3 is 4.90 Å². The van der Waals surface area contributed by atoms with Gasteiger partial charge in [0.15, 0.2) is 0 Å². The van der Waals surface area contributed by atoms with E-state index in [1.54, 1.807) is 18.2 Å². The fourth-order valence-electron chi connectivity index (χ4n) is 3.75. The van der Waals surface area contributed by atoms with Crippen molar-refractivity contribution in [2.75, 3.05) is 26.2 Å². The highest BCUT2D eigenvalue weighted by atomic mass is 35.5. The summed E-state index contributed by atoms with van der Waals surface area (Å²) >= 11 is 12.1. The summed E-state index contributed by atoms with van der Waals surface area (Å²) < 4.78 is 0. The molecule has 7 heteroatoms. The topological polar surface area (TPSA) is 47.6 Å². The Hall–Kier alpha value is -1.63. The van der Waals surface area contributed by atoms with Crippen molar-refractivity contribution in [1.82, 2.24) is 20.7 Å². The van der Waals surface area contributed by atoms with Crippen molar-refractivity contribution in [1.29, 1.82) is 0 Å². The van der Waals surface area contributed by atoms with Crippen LogP contribution in [-0.4, -0.2) is 48.1 Å². The molecule has 5 nitrogen and oxygen atoms in total. The van der Waals surface area contributed by atoms with E-state index in [0.29, 0.717) is 34.7 Å². The standard InChI is InChI=1S/C20H22Cl2N4O/c21-15-6-7-16(17(22)12-15)20(27)26-10-8-25(9-11-26)19-13-18(23-24-19)14-4-2-1-3-5-14/h1-7,12,18-19,23-24H,8-11,13H2. The van der Waals surface area contributed by atoms with Crippen LogP contribution in [-0.2, 0) is 0 Å². The average Bonchev–Trinajstić information content (AvgIpc) is 3.19. The molecule has 2 aromatic carbocycles. The molecule has 2 N–H and O–H groups in total. The van der Waals surface area contributed by atoms with E-state index < -0.39 is 0 Å². The van der Waals surface area contributed by atoms with E-state index in [0.717, 1.165) is 19.5 Å². The van der Waals surface area contributed by atoms with Crippen molar-refractivity contribution < 1.29 is 4.79 Å². The van der Waals surface area contributed by atoms with Gasteiger partial charge in [0.25, 0.3) is 5.91 Å². The predicted octanol–water partition coefficient (Wildman–Crippen LogP) is 3.32. The summed E-state index contributed by atoms with van der Waals surface area (Å²) in [6.45, 7) is 3.04. The minimum Gasteiger partial charge on any atom is -0.336 e. The van der Waals surface area contributed by atoms with Crippen LogP contribution in [0.15, 0.2) is 48.5 Å². The zero-order chi connectivity index (χ0) is 18.8. The number of amides is 1. The third-order valence-electron chi connectivity index (χ3n) is 5.29. The number of rotatable bonds is 3. The largest absolute Gasteiger partial charge is 0.336 e. The van der Waals surface area contributed by atoms with Crippen LogP contribution in [0.5, 0.6) is 0 Å². The zero-order valence-electron chi connectivity index (χ0n) is 14.9. The lowest BCUT2D eigenvalue weighted by Gasteiger charge is -2.37. The molecule has 0 bridgehead atoms. The highest BCUT2D eigenvalue weighted by molar-refractivity contribution is 6.36. The van der Waals surface area contributed by atoms with Gasteiger partial charge in [0, 0.05) is 37.2 Å². The van der Waals surface area contributed by atoms with Gasteiger partial charge in [-0.15, -0.1) is 0 Å². The lowest BCUT2D eigenvalue weighted by molar-refractivity contribution is 0.0545. The minimum absolute atomic E-state index is 0.0315. The molecule has 2 saturated heterocycles. The van der Waals surface area contributed by atoms with Crippen molar-refractivity contribution in [2.24, 2.45) is 0 Å². The SMILES string of the molecule is O=C(c1ccc(Cl)cc1Cl)N1CCN(C2CC(c3ccccc3)NN2)CC1. The van der Waals surface area contributed by atoms with Crippen molar-refractivity contribution in [2.45, 2.75) is 18.6 Å². The summed E-state index contributed by atoms with van der Waals surface area (Å²) in [6.07, 6.45) is 1.27. The van der Waals surface area contributed by atoms with Crippen LogP contribution in [0.4, 0.5) is 0 Å². The first-order valence-corrected chi connectivity index (χ1v) is 9.92. The molecule has 4 rings (SSSR count). The molecule has 142 valence electrons. The number of hydrazine groups is 1. The number of benzene rings is 2. The predicted molar refractivity (Wildman–Crippen MR) is 108 cm³/mol. The van der Waals surface area contributed by atoms with Crippen molar-refractivity contribution in [3.05, 3.63) is 69.7 Å². The summed E-state index contributed by atoms with van der Waals surface area (Å²) in [5, 5.41) is 0.941. The maximum Gasteiger partial charge on any atom is 0.255 e. The van der Waals surface area contributed by atoms with Gasteiger partial charge in [0.05, 0.1) is 16.8 Å². The Bertz CT molecular complexity index is 809. The summed E-state index contributed by atoms with van der Waals surface area (Å²) in [4.78, 5) is 17.0. The Morgan fingerprint density at radius 3 is 2.41 bits per heavy atom. The fourth-order valence-corrected chi connectivity index (χ4v) is 4.24. The van der Waals surface area contributed by atoms with Gasteiger partial charge in [0.1, 0.15) is 0 Å². The summed E-state index contributed by atoms with van der Waals surface area (Å²) in [5.41, 5.74) is 8.60. The Balaban J connectivity index is 1.33.